The average Bonchev–Trinajstić information content (AvgIpc) is 3.75. The number of benzene rings is 1. The monoisotopic (exact) mass is 667 g/mol. The minimum Gasteiger partial charge on any atom is -0.479 e. The fraction of sp³-hybridized carbons (Fsp3) is 0.533. The van der Waals surface area contributed by atoms with Crippen LogP contribution in [0.25, 0.3) is 20.8 Å². The minimum atomic E-state index is -4.52. The van der Waals surface area contributed by atoms with E-state index in [4.69, 9.17) is 14.4 Å². The molecule has 0 spiro atoms. The maximum atomic E-state index is 15.7. The van der Waals surface area contributed by atoms with Gasteiger partial charge in [0.15, 0.2) is 0 Å². The Kier molecular flexibility index (Phi) is 10.2. The molecule has 3 N–H and O–H groups in total. The lowest BCUT2D eigenvalue weighted by molar-refractivity contribution is -0.126. The molecule has 4 atom stereocenters. The van der Waals surface area contributed by atoms with Crippen LogP contribution in [0.4, 0.5) is 23.2 Å². The number of hydrogen-bond acceptors (Lipinski definition) is 10. The highest BCUT2D eigenvalue weighted by molar-refractivity contribution is 7.23. The lowest BCUT2D eigenvalue weighted by atomic mass is 9.87. The zero-order chi connectivity index (χ0) is 33.2. The van der Waals surface area contributed by atoms with Crippen molar-refractivity contribution in [1.82, 2.24) is 30.1 Å². The van der Waals surface area contributed by atoms with E-state index >= 15 is 4.39 Å². The second-order valence-electron chi connectivity index (χ2n) is 11.3. The first-order chi connectivity index (χ1) is 22.0. The molecule has 0 saturated carbocycles. The molecular formula is C30H37F4N7O4S. The van der Waals surface area contributed by atoms with Gasteiger partial charge in [0.25, 0.3) is 5.91 Å². The van der Waals surface area contributed by atoms with Gasteiger partial charge in [0, 0.05) is 18.3 Å². The molecule has 4 heterocycles. The quantitative estimate of drug-likeness (QED) is 0.175. The van der Waals surface area contributed by atoms with E-state index in [0.29, 0.717) is 28.6 Å². The summed E-state index contributed by atoms with van der Waals surface area (Å²) in [6, 6.07) is 4.41. The molecule has 0 radical (unpaired) electrons. The van der Waals surface area contributed by atoms with Gasteiger partial charge in [-0.15, -0.1) is 16.4 Å². The van der Waals surface area contributed by atoms with Crippen molar-refractivity contribution in [3.8, 4) is 16.6 Å². The highest BCUT2D eigenvalue weighted by atomic mass is 32.1. The molecule has 1 amide bonds. The van der Waals surface area contributed by atoms with Crippen molar-refractivity contribution in [1.29, 1.82) is 0 Å². The largest absolute Gasteiger partial charge is 0.479 e. The number of thiophene rings is 1. The number of amides is 1. The van der Waals surface area contributed by atoms with Gasteiger partial charge in [-0.05, 0) is 43.3 Å². The molecule has 46 heavy (non-hydrogen) atoms. The summed E-state index contributed by atoms with van der Waals surface area (Å²) in [6.07, 6.45) is -3.45. The Morgan fingerprint density at radius 3 is 2.72 bits per heavy atom. The number of piperidine rings is 1. The maximum Gasteiger partial charge on any atom is 0.393 e. The summed E-state index contributed by atoms with van der Waals surface area (Å²) in [5.74, 6) is -0.587. The first-order valence-corrected chi connectivity index (χ1v) is 15.9. The van der Waals surface area contributed by atoms with Gasteiger partial charge in [-0.25, -0.2) is 4.39 Å². The second kappa shape index (κ2) is 13.9. The number of rotatable bonds is 12. The Balaban J connectivity index is 1.42. The summed E-state index contributed by atoms with van der Waals surface area (Å²) in [6.45, 7) is 3.78. The molecule has 5 rings (SSSR count). The highest BCUT2D eigenvalue weighted by Crippen LogP contribution is 2.44. The zero-order valence-electron chi connectivity index (χ0n) is 25.9. The van der Waals surface area contributed by atoms with Crippen LogP contribution in [0.2, 0.25) is 0 Å². The van der Waals surface area contributed by atoms with E-state index < -0.39 is 30.7 Å². The van der Waals surface area contributed by atoms with Crippen LogP contribution in [-0.2, 0) is 19.5 Å². The Bertz CT molecular complexity index is 1660. The number of carbonyl (C=O) groups excluding carboxylic acids is 1. The van der Waals surface area contributed by atoms with Crippen LogP contribution < -0.4 is 15.4 Å². The number of fused-ring (bicyclic) bond motifs is 1. The molecule has 1 aliphatic rings. The maximum absolute atomic E-state index is 15.7. The van der Waals surface area contributed by atoms with Crippen molar-refractivity contribution < 1.29 is 36.7 Å². The average molecular weight is 668 g/mol. The Hall–Kier alpha value is -3.76. The summed E-state index contributed by atoms with van der Waals surface area (Å²) in [7, 11) is 3.29. The molecule has 1 aromatic carbocycles. The van der Waals surface area contributed by atoms with Gasteiger partial charge < -0.3 is 25.0 Å². The van der Waals surface area contributed by atoms with Crippen molar-refractivity contribution in [3.63, 3.8) is 0 Å². The third-order valence-electron chi connectivity index (χ3n) is 8.37. The molecule has 16 heteroatoms. The van der Waals surface area contributed by atoms with Gasteiger partial charge in [-0.1, -0.05) is 31.1 Å². The number of alkyl halides is 4. The number of aromatic nitrogens is 4. The van der Waals surface area contributed by atoms with Crippen molar-refractivity contribution >= 4 is 33.0 Å². The molecule has 4 unspecified atom stereocenters. The molecular weight excluding hydrogens is 630 g/mol. The van der Waals surface area contributed by atoms with Crippen LogP contribution in [-0.4, -0.2) is 87.1 Å². The van der Waals surface area contributed by atoms with Crippen LogP contribution in [0.3, 0.4) is 0 Å². The van der Waals surface area contributed by atoms with E-state index in [2.05, 4.69) is 37.7 Å². The smallest absolute Gasteiger partial charge is 0.393 e. The zero-order valence-corrected chi connectivity index (χ0v) is 26.7. The number of ether oxygens (including phenoxy) is 1. The molecule has 250 valence electrons. The van der Waals surface area contributed by atoms with Gasteiger partial charge in [-0.3, -0.25) is 14.4 Å². The number of anilines is 1. The van der Waals surface area contributed by atoms with Crippen LogP contribution >= 0.6 is 11.3 Å². The fourth-order valence-electron chi connectivity index (χ4n) is 6.10. The number of aliphatic hydroxyl groups excluding tert-OH is 1. The van der Waals surface area contributed by atoms with Gasteiger partial charge in [0.05, 0.1) is 54.5 Å². The molecule has 3 aromatic heterocycles. The van der Waals surface area contributed by atoms with E-state index in [1.54, 1.807) is 18.2 Å². The Labute approximate surface area is 266 Å². The van der Waals surface area contributed by atoms with Crippen LogP contribution in [0.15, 0.2) is 28.9 Å². The third kappa shape index (κ3) is 6.98. The van der Waals surface area contributed by atoms with E-state index in [1.165, 1.54) is 18.0 Å². The first kappa shape index (κ1) is 33.6. The molecule has 4 aromatic rings. The SMILES string of the molecule is CCC1CC(Nc2cccc3c(CC(F)(F)F)c(-c4noc(CNC(=O)c5cn(CCO)nc5OC)n4)sc23)C(F)C(CC)N1C. The number of halogens is 4. The molecule has 1 aliphatic heterocycles. The summed E-state index contributed by atoms with van der Waals surface area (Å²) >= 11 is 1.08. The van der Waals surface area contributed by atoms with Crippen LogP contribution in [0.1, 0.15) is 54.9 Å². The van der Waals surface area contributed by atoms with Crippen molar-refractivity contribution in [2.45, 2.75) is 83.1 Å². The van der Waals surface area contributed by atoms with Gasteiger partial charge in [0.1, 0.15) is 11.7 Å². The minimum absolute atomic E-state index is 0.00776. The number of hydrogen-bond donors (Lipinski definition) is 3. The predicted molar refractivity (Wildman–Crippen MR) is 165 cm³/mol. The van der Waals surface area contributed by atoms with Crippen molar-refractivity contribution in [2.24, 2.45) is 0 Å². The first-order valence-electron chi connectivity index (χ1n) is 15.0. The van der Waals surface area contributed by atoms with E-state index in [0.717, 1.165) is 17.8 Å². The Morgan fingerprint density at radius 2 is 2.04 bits per heavy atom. The summed E-state index contributed by atoms with van der Waals surface area (Å²) in [5.41, 5.74) is 0.653. The van der Waals surface area contributed by atoms with Crippen LogP contribution in [0.5, 0.6) is 5.88 Å². The summed E-state index contributed by atoms with van der Waals surface area (Å²) in [4.78, 5) is 19.3. The molecule has 1 saturated heterocycles. The molecule has 0 bridgehead atoms. The van der Waals surface area contributed by atoms with Gasteiger partial charge in [-0.2, -0.15) is 18.2 Å². The number of carbonyl (C=O) groups is 1. The molecule has 11 nitrogen and oxygen atoms in total. The highest BCUT2D eigenvalue weighted by Gasteiger charge is 2.40. The van der Waals surface area contributed by atoms with Crippen molar-refractivity contribution in [3.05, 3.63) is 41.4 Å². The normalized spacial score (nSPS) is 20.7. The van der Waals surface area contributed by atoms with E-state index in [1.807, 2.05) is 14.0 Å². The Morgan fingerprint density at radius 1 is 1.26 bits per heavy atom. The molecule has 1 fully saturated rings. The fourth-order valence-corrected chi connectivity index (χ4v) is 7.32. The lowest BCUT2D eigenvalue weighted by Crippen LogP contribution is -2.57. The van der Waals surface area contributed by atoms with Gasteiger partial charge in [0.2, 0.25) is 17.6 Å². The third-order valence-corrected chi connectivity index (χ3v) is 9.65. The molecule has 0 aliphatic carbocycles. The topological polar surface area (TPSA) is 131 Å². The van der Waals surface area contributed by atoms with Crippen molar-refractivity contribution in [2.75, 3.05) is 26.1 Å². The summed E-state index contributed by atoms with van der Waals surface area (Å²) in [5, 5.41) is 23.5. The number of nitrogens with one attached hydrogen (secondary N) is 2. The number of methoxy groups -OCH3 is 1. The summed E-state index contributed by atoms with van der Waals surface area (Å²) < 4.78 is 69.6. The van der Waals surface area contributed by atoms with E-state index in [9.17, 15) is 18.0 Å². The lowest BCUT2D eigenvalue weighted by Gasteiger charge is -2.45. The second-order valence-corrected chi connectivity index (χ2v) is 12.3. The number of nitrogens with zero attached hydrogens (tertiary/aromatic N) is 5. The van der Waals surface area contributed by atoms with Crippen LogP contribution in [0, 0.1) is 0 Å². The number of likely N-dealkylation sites (tertiary alicyclic amines) is 1. The number of aliphatic hydroxyl groups is 1. The van der Waals surface area contributed by atoms with Gasteiger partial charge >= 0.3 is 6.18 Å². The van der Waals surface area contributed by atoms with E-state index in [-0.39, 0.29) is 65.4 Å². The predicted octanol–water partition coefficient (Wildman–Crippen LogP) is 5.19. The standard InChI is InChI=1S/C30H37F4N7O4S/c1-5-16-12-21(24(31)22(6-2)40(16)3)36-20-9-7-8-17-18(13-30(32,33)34)26(46-25(17)20)27-37-23(45-39-27)14-35-28(43)19-15-41(10-11-42)38-29(19)44-4/h7-9,15-16,21-22,24,36,42H,5-6,10-14H2,1-4H3,(H,35,43).